The van der Waals surface area contributed by atoms with E-state index in [-0.39, 0.29) is 48.5 Å². The maximum absolute atomic E-state index is 13.6. The van der Waals surface area contributed by atoms with Crippen molar-refractivity contribution in [3.63, 3.8) is 0 Å². The van der Waals surface area contributed by atoms with Gasteiger partial charge in [-0.25, -0.2) is 9.78 Å². The molecule has 204 valence electrons. The van der Waals surface area contributed by atoms with Gasteiger partial charge in [-0.15, -0.1) is 0 Å². The van der Waals surface area contributed by atoms with E-state index in [0.717, 1.165) is 36.8 Å². The Morgan fingerprint density at radius 2 is 1.92 bits per heavy atom. The molecule has 2 N–H and O–H groups in total. The van der Waals surface area contributed by atoms with Crippen molar-refractivity contribution < 1.29 is 19.4 Å². The molecule has 0 saturated heterocycles. The average Bonchev–Trinajstić information content (AvgIpc) is 2.94. The van der Waals surface area contributed by atoms with Gasteiger partial charge in [0.15, 0.2) is 0 Å². The van der Waals surface area contributed by atoms with Crippen LogP contribution in [-0.2, 0) is 0 Å². The second-order valence-electron chi connectivity index (χ2n) is 10.7. The van der Waals surface area contributed by atoms with Crippen molar-refractivity contribution in [1.82, 2.24) is 20.1 Å². The number of carbonyl (C=O) groups excluding carboxylic acids is 2. The Morgan fingerprint density at radius 1 is 1.21 bits per heavy atom. The lowest BCUT2D eigenvalue weighted by Crippen LogP contribution is -2.52. The maximum Gasteiger partial charge on any atom is 0.317 e. The molecule has 3 atom stereocenters. The highest BCUT2D eigenvalue weighted by atomic mass is 16.5. The van der Waals surface area contributed by atoms with E-state index >= 15 is 0 Å². The third-order valence-corrected chi connectivity index (χ3v) is 7.54. The number of aromatic nitrogens is 1. The van der Waals surface area contributed by atoms with Crippen LogP contribution < -0.4 is 10.1 Å². The summed E-state index contributed by atoms with van der Waals surface area (Å²) < 4.78 is 6.34. The molecule has 0 bridgehead atoms. The molecule has 1 aromatic heterocycles. The zero-order chi connectivity index (χ0) is 27.1. The Kier molecular flexibility index (Phi) is 9.39. The van der Waals surface area contributed by atoms with Crippen molar-refractivity contribution in [3.8, 4) is 5.88 Å². The molecule has 8 nitrogen and oxygen atoms in total. The maximum atomic E-state index is 13.6. The predicted octanol–water partition coefficient (Wildman–Crippen LogP) is 4.45. The molecule has 2 aliphatic rings. The SMILES string of the molecule is C[C@H](CO)N1C[C@H](C)[C@H](CN(C)C(=O)NC2CCCCC2)Oc2ncc(C=Cc3ccccc3)cc2C1=O. The molecule has 1 aliphatic heterocycles. The van der Waals surface area contributed by atoms with Crippen LogP contribution in [-0.4, -0.2) is 76.8 Å². The molecular weight excluding hydrogens is 480 g/mol. The minimum absolute atomic E-state index is 0.0921. The summed E-state index contributed by atoms with van der Waals surface area (Å²) in [5, 5.41) is 13.1. The number of likely N-dealkylation sites (N-methyl/N-ethyl adjacent to an activating group) is 1. The van der Waals surface area contributed by atoms with E-state index in [0.29, 0.717) is 18.7 Å². The summed E-state index contributed by atoms with van der Waals surface area (Å²) in [5.41, 5.74) is 2.17. The van der Waals surface area contributed by atoms with Crippen molar-refractivity contribution in [2.75, 3.05) is 26.7 Å². The van der Waals surface area contributed by atoms with Gasteiger partial charge in [0, 0.05) is 31.7 Å². The fourth-order valence-corrected chi connectivity index (χ4v) is 5.07. The zero-order valence-corrected chi connectivity index (χ0v) is 22.7. The normalized spacial score (nSPS) is 21.3. The van der Waals surface area contributed by atoms with Crippen LogP contribution in [0.4, 0.5) is 4.79 Å². The minimum atomic E-state index is -0.379. The first-order chi connectivity index (χ1) is 18.4. The van der Waals surface area contributed by atoms with Crippen LogP contribution >= 0.6 is 0 Å². The molecule has 2 aromatic rings. The number of ether oxygens (including phenoxy) is 1. The lowest BCUT2D eigenvalue weighted by Gasteiger charge is -2.38. The number of benzene rings is 1. The van der Waals surface area contributed by atoms with Gasteiger partial charge < -0.3 is 25.0 Å². The fraction of sp³-hybridized carbons (Fsp3) is 0.500. The van der Waals surface area contributed by atoms with Gasteiger partial charge in [-0.05, 0) is 37.0 Å². The molecule has 0 spiro atoms. The van der Waals surface area contributed by atoms with Gasteiger partial charge in [0.1, 0.15) is 11.7 Å². The highest BCUT2D eigenvalue weighted by molar-refractivity contribution is 5.97. The number of aliphatic hydroxyl groups excluding tert-OH is 1. The van der Waals surface area contributed by atoms with Gasteiger partial charge in [0.25, 0.3) is 5.91 Å². The lowest BCUT2D eigenvalue weighted by molar-refractivity contribution is 0.0351. The van der Waals surface area contributed by atoms with Gasteiger partial charge in [-0.2, -0.15) is 0 Å². The summed E-state index contributed by atoms with van der Waals surface area (Å²) in [6, 6.07) is 11.4. The molecule has 1 saturated carbocycles. The molecule has 0 unspecified atom stereocenters. The monoisotopic (exact) mass is 520 g/mol. The Balaban J connectivity index is 1.56. The van der Waals surface area contributed by atoms with Crippen LogP contribution in [0.1, 0.15) is 67.4 Å². The number of hydrogen-bond donors (Lipinski definition) is 2. The van der Waals surface area contributed by atoms with Crippen molar-refractivity contribution in [2.45, 2.75) is 64.1 Å². The lowest BCUT2D eigenvalue weighted by atomic mass is 9.96. The number of hydrogen-bond acceptors (Lipinski definition) is 5. The van der Waals surface area contributed by atoms with Gasteiger partial charge >= 0.3 is 6.03 Å². The molecule has 3 amide bonds. The molecule has 0 radical (unpaired) electrons. The zero-order valence-electron chi connectivity index (χ0n) is 22.7. The van der Waals surface area contributed by atoms with Crippen LogP contribution in [0.25, 0.3) is 12.2 Å². The smallest absolute Gasteiger partial charge is 0.317 e. The standard InChI is InChI=1S/C30H40N4O4/c1-21-18-34(22(2)20-35)29(36)26-16-24(15-14-23-10-6-4-7-11-23)17-31-28(26)38-27(21)19-33(3)30(37)32-25-12-8-5-9-13-25/h4,6-7,10-11,14-17,21-22,25,27,35H,5,8-9,12-13,18-20H2,1-3H3,(H,32,37)/t21-,22+,27-/m0/s1. The van der Waals surface area contributed by atoms with E-state index in [1.54, 1.807) is 29.1 Å². The molecule has 1 fully saturated rings. The van der Waals surface area contributed by atoms with Crippen LogP contribution in [0, 0.1) is 5.92 Å². The number of nitrogens with zero attached hydrogens (tertiary/aromatic N) is 3. The molecule has 2 heterocycles. The van der Waals surface area contributed by atoms with Crippen molar-refractivity contribution in [3.05, 3.63) is 59.3 Å². The fourth-order valence-electron chi connectivity index (χ4n) is 5.07. The van der Waals surface area contributed by atoms with E-state index in [9.17, 15) is 14.7 Å². The number of nitrogens with one attached hydrogen (secondary N) is 1. The first-order valence-electron chi connectivity index (χ1n) is 13.7. The highest BCUT2D eigenvalue weighted by Gasteiger charge is 2.35. The summed E-state index contributed by atoms with van der Waals surface area (Å²) in [7, 11) is 1.78. The average molecular weight is 521 g/mol. The number of fused-ring (bicyclic) bond motifs is 1. The number of pyridine rings is 1. The quantitative estimate of drug-likeness (QED) is 0.563. The van der Waals surface area contributed by atoms with E-state index in [1.807, 2.05) is 56.3 Å². The molecule has 38 heavy (non-hydrogen) atoms. The van der Waals surface area contributed by atoms with Gasteiger partial charge in [-0.1, -0.05) is 68.7 Å². The summed E-state index contributed by atoms with van der Waals surface area (Å²) in [5.74, 6) is -0.0668. The first-order valence-corrected chi connectivity index (χ1v) is 13.7. The summed E-state index contributed by atoms with van der Waals surface area (Å²) in [4.78, 5) is 34.4. The Hall–Kier alpha value is -3.39. The predicted molar refractivity (Wildman–Crippen MR) is 149 cm³/mol. The second kappa shape index (κ2) is 12.9. The molecule has 8 heteroatoms. The second-order valence-corrected chi connectivity index (χ2v) is 10.7. The summed E-state index contributed by atoms with van der Waals surface area (Å²) in [6.45, 7) is 4.44. The van der Waals surface area contributed by atoms with E-state index in [1.165, 1.54) is 6.42 Å². The third-order valence-electron chi connectivity index (χ3n) is 7.54. The number of aliphatic hydroxyl groups is 1. The Labute approximate surface area is 225 Å². The Bertz CT molecular complexity index is 1120. The third kappa shape index (κ3) is 6.92. The molecule has 1 aromatic carbocycles. The van der Waals surface area contributed by atoms with E-state index < -0.39 is 0 Å². The summed E-state index contributed by atoms with van der Waals surface area (Å²) >= 11 is 0. The molecule has 4 rings (SSSR count). The van der Waals surface area contributed by atoms with Crippen molar-refractivity contribution >= 4 is 24.1 Å². The van der Waals surface area contributed by atoms with Crippen LogP contribution in [0.3, 0.4) is 0 Å². The number of urea groups is 1. The van der Waals surface area contributed by atoms with Gasteiger partial charge in [0.2, 0.25) is 5.88 Å². The molecule has 1 aliphatic carbocycles. The largest absolute Gasteiger partial charge is 0.472 e. The molecular formula is C30H40N4O4. The van der Waals surface area contributed by atoms with Crippen LogP contribution in [0.5, 0.6) is 5.88 Å². The minimum Gasteiger partial charge on any atom is -0.472 e. The topological polar surface area (TPSA) is 95.0 Å². The van der Waals surface area contributed by atoms with E-state index in [4.69, 9.17) is 4.74 Å². The van der Waals surface area contributed by atoms with Gasteiger partial charge in [-0.3, -0.25) is 4.79 Å². The Morgan fingerprint density at radius 3 is 2.63 bits per heavy atom. The van der Waals surface area contributed by atoms with Crippen molar-refractivity contribution in [2.24, 2.45) is 5.92 Å². The number of carbonyl (C=O) groups is 2. The van der Waals surface area contributed by atoms with Crippen LogP contribution in [0.15, 0.2) is 42.6 Å². The number of rotatable bonds is 7. The van der Waals surface area contributed by atoms with E-state index in [2.05, 4.69) is 10.3 Å². The highest BCUT2D eigenvalue weighted by Crippen LogP contribution is 2.28. The summed E-state index contributed by atoms with van der Waals surface area (Å²) in [6.07, 6.45) is 10.8. The van der Waals surface area contributed by atoms with Crippen molar-refractivity contribution in [1.29, 1.82) is 0 Å². The number of amides is 3. The van der Waals surface area contributed by atoms with Gasteiger partial charge in [0.05, 0.1) is 19.2 Å². The van der Waals surface area contributed by atoms with Crippen LogP contribution in [0.2, 0.25) is 0 Å². The first kappa shape index (κ1) is 27.6.